The van der Waals surface area contributed by atoms with Gasteiger partial charge in [0.15, 0.2) is 0 Å². The lowest BCUT2D eigenvalue weighted by Crippen LogP contribution is -2.49. The SMILES string of the molecule is C#Cc1cnc2ccc(OC(SC)C(=O)NC(C)(C)C=O)cc2c1. The molecule has 0 bridgehead atoms. The van der Waals surface area contributed by atoms with Gasteiger partial charge in [-0.25, -0.2) is 0 Å². The summed E-state index contributed by atoms with van der Waals surface area (Å²) in [5, 5.41) is 3.47. The maximum atomic E-state index is 12.3. The van der Waals surface area contributed by atoms with Crippen LogP contribution in [-0.2, 0) is 9.59 Å². The van der Waals surface area contributed by atoms with E-state index in [-0.39, 0.29) is 5.91 Å². The fourth-order valence-electron chi connectivity index (χ4n) is 2.00. The van der Waals surface area contributed by atoms with Gasteiger partial charge in [0.05, 0.1) is 11.1 Å². The molecule has 0 aliphatic carbocycles. The lowest BCUT2D eigenvalue weighted by Gasteiger charge is -2.23. The number of aromatic nitrogens is 1. The van der Waals surface area contributed by atoms with E-state index in [9.17, 15) is 9.59 Å². The van der Waals surface area contributed by atoms with Gasteiger partial charge in [-0.2, -0.15) is 0 Å². The number of thioether (sulfide) groups is 1. The third-order valence-corrected chi connectivity index (χ3v) is 3.97. The Morgan fingerprint density at radius 1 is 1.46 bits per heavy atom. The molecule has 0 fully saturated rings. The van der Waals surface area contributed by atoms with Crippen molar-refractivity contribution in [3.8, 4) is 18.1 Å². The number of ether oxygens (including phenoxy) is 1. The van der Waals surface area contributed by atoms with Gasteiger partial charge < -0.3 is 14.8 Å². The highest BCUT2D eigenvalue weighted by Gasteiger charge is 2.26. The molecule has 1 aromatic heterocycles. The van der Waals surface area contributed by atoms with Crippen molar-refractivity contribution < 1.29 is 14.3 Å². The van der Waals surface area contributed by atoms with Crippen LogP contribution < -0.4 is 10.1 Å². The van der Waals surface area contributed by atoms with Crippen molar-refractivity contribution >= 4 is 34.9 Å². The topological polar surface area (TPSA) is 68.3 Å². The zero-order valence-electron chi connectivity index (χ0n) is 13.7. The van der Waals surface area contributed by atoms with E-state index in [1.165, 1.54) is 11.8 Å². The van der Waals surface area contributed by atoms with Crippen molar-refractivity contribution in [3.05, 3.63) is 36.0 Å². The summed E-state index contributed by atoms with van der Waals surface area (Å²) in [5.74, 6) is 2.70. The van der Waals surface area contributed by atoms with Gasteiger partial charge in [-0.1, -0.05) is 5.92 Å². The van der Waals surface area contributed by atoms with Crippen molar-refractivity contribution in [2.24, 2.45) is 0 Å². The number of amides is 1. The second kappa shape index (κ2) is 7.37. The molecule has 24 heavy (non-hydrogen) atoms. The number of benzene rings is 1. The van der Waals surface area contributed by atoms with Crippen LogP contribution in [0.2, 0.25) is 0 Å². The van der Waals surface area contributed by atoms with Gasteiger partial charge in [0.1, 0.15) is 12.0 Å². The minimum atomic E-state index is -0.941. The highest BCUT2D eigenvalue weighted by molar-refractivity contribution is 7.99. The van der Waals surface area contributed by atoms with Gasteiger partial charge in [0.25, 0.3) is 5.91 Å². The first-order chi connectivity index (χ1) is 11.4. The van der Waals surface area contributed by atoms with Crippen LogP contribution in [0.25, 0.3) is 10.9 Å². The zero-order valence-corrected chi connectivity index (χ0v) is 14.5. The number of nitrogens with one attached hydrogen (secondary N) is 1. The molecule has 1 unspecified atom stereocenters. The fourth-order valence-corrected chi connectivity index (χ4v) is 2.48. The summed E-state index contributed by atoms with van der Waals surface area (Å²) in [4.78, 5) is 27.5. The Hall–Kier alpha value is -2.52. The number of hydrogen-bond donors (Lipinski definition) is 1. The third-order valence-electron chi connectivity index (χ3n) is 3.23. The van der Waals surface area contributed by atoms with Gasteiger partial charge in [0.2, 0.25) is 5.44 Å². The smallest absolute Gasteiger partial charge is 0.272 e. The first-order valence-corrected chi connectivity index (χ1v) is 8.51. The maximum Gasteiger partial charge on any atom is 0.272 e. The molecule has 1 atom stereocenters. The first-order valence-electron chi connectivity index (χ1n) is 7.23. The van der Waals surface area contributed by atoms with E-state index in [1.807, 2.05) is 6.07 Å². The number of carbonyl (C=O) groups excluding carboxylic acids is 2. The molecule has 0 radical (unpaired) electrons. The second-order valence-corrected chi connectivity index (χ2v) is 6.64. The molecule has 124 valence electrons. The van der Waals surface area contributed by atoms with Crippen LogP contribution in [0.3, 0.4) is 0 Å². The van der Waals surface area contributed by atoms with E-state index >= 15 is 0 Å². The molecule has 1 heterocycles. The summed E-state index contributed by atoms with van der Waals surface area (Å²) in [6.07, 6.45) is 9.46. The minimum absolute atomic E-state index is 0.366. The number of aldehydes is 1. The summed E-state index contributed by atoms with van der Waals surface area (Å²) in [7, 11) is 0. The van der Waals surface area contributed by atoms with Crippen molar-refractivity contribution in [3.63, 3.8) is 0 Å². The fraction of sp³-hybridized carbons (Fsp3) is 0.278. The normalized spacial score (nSPS) is 12.2. The minimum Gasteiger partial charge on any atom is -0.470 e. The Bertz CT molecular complexity index is 812. The van der Waals surface area contributed by atoms with Gasteiger partial charge in [-0.15, -0.1) is 18.2 Å². The number of rotatable bonds is 6. The van der Waals surface area contributed by atoms with Crippen LogP contribution >= 0.6 is 11.8 Å². The van der Waals surface area contributed by atoms with E-state index in [1.54, 1.807) is 44.5 Å². The highest BCUT2D eigenvalue weighted by Crippen LogP contribution is 2.23. The van der Waals surface area contributed by atoms with Gasteiger partial charge in [0, 0.05) is 17.1 Å². The summed E-state index contributed by atoms with van der Waals surface area (Å²) >= 11 is 1.24. The van der Waals surface area contributed by atoms with Crippen LogP contribution in [0, 0.1) is 12.3 Å². The Morgan fingerprint density at radius 3 is 2.83 bits per heavy atom. The Morgan fingerprint density at radius 2 is 2.21 bits per heavy atom. The Labute approximate surface area is 145 Å². The number of nitrogens with zero attached hydrogens (tertiary/aromatic N) is 1. The number of hydrogen-bond acceptors (Lipinski definition) is 5. The maximum absolute atomic E-state index is 12.3. The predicted octanol–water partition coefficient (Wildman–Crippen LogP) is 2.38. The average Bonchev–Trinajstić information content (AvgIpc) is 2.58. The Kier molecular flexibility index (Phi) is 5.47. The lowest BCUT2D eigenvalue weighted by molar-refractivity contribution is -0.128. The summed E-state index contributed by atoms with van der Waals surface area (Å²) < 4.78 is 5.75. The van der Waals surface area contributed by atoms with Crippen LogP contribution in [0.5, 0.6) is 5.75 Å². The molecule has 0 saturated carbocycles. The third kappa shape index (κ3) is 4.27. The van der Waals surface area contributed by atoms with E-state index in [0.29, 0.717) is 17.6 Å². The van der Waals surface area contributed by atoms with Gasteiger partial charge in [-0.05, 0) is 44.4 Å². The molecule has 6 heteroatoms. The molecular weight excluding hydrogens is 324 g/mol. The second-order valence-electron chi connectivity index (χ2n) is 5.74. The molecule has 1 N–H and O–H groups in total. The molecule has 2 rings (SSSR count). The van der Waals surface area contributed by atoms with Gasteiger partial charge in [-0.3, -0.25) is 9.78 Å². The molecule has 1 aromatic carbocycles. The molecule has 0 saturated heterocycles. The Balaban J connectivity index is 2.21. The standard InChI is InChI=1S/C18H18N2O3S/c1-5-12-8-13-9-14(6-7-15(13)19-10-12)23-17(24-4)16(22)20-18(2,3)11-21/h1,6-11,17H,2-4H3,(H,20,22). The van der Waals surface area contributed by atoms with Crippen LogP contribution in [0.1, 0.15) is 19.4 Å². The van der Waals surface area contributed by atoms with E-state index in [2.05, 4.69) is 16.2 Å². The van der Waals surface area contributed by atoms with Crippen molar-refractivity contribution in [1.29, 1.82) is 0 Å². The van der Waals surface area contributed by atoms with Crippen LogP contribution in [-0.4, -0.2) is 34.4 Å². The van der Waals surface area contributed by atoms with Crippen molar-refractivity contribution in [2.75, 3.05) is 6.26 Å². The zero-order chi connectivity index (χ0) is 17.7. The average molecular weight is 342 g/mol. The monoisotopic (exact) mass is 342 g/mol. The van der Waals surface area contributed by atoms with Crippen molar-refractivity contribution in [2.45, 2.75) is 24.8 Å². The molecule has 0 aliphatic heterocycles. The molecule has 5 nitrogen and oxygen atoms in total. The van der Waals surface area contributed by atoms with E-state index in [0.717, 1.165) is 10.9 Å². The first kappa shape index (κ1) is 17.8. The number of fused-ring (bicyclic) bond motifs is 1. The number of terminal acetylenes is 1. The summed E-state index contributed by atoms with van der Waals surface area (Å²) in [5.41, 5.74) is -0.255. The van der Waals surface area contributed by atoms with Gasteiger partial charge >= 0.3 is 0 Å². The van der Waals surface area contributed by atoms with Crippen molar-refractivity contribution in [1.82, 2.24) is 10.3 Å². The van der Waals surface area contributed by atoms with E-state index < -0.39 is 11.0 Å². The quantitative estimate of drug-likeness (QED) is 0.496. The predicted molar refractivity (Wildman–Crippen MR) is 95.9 cm³/mol. The van der Waals surface area contributed by atoms with Crippen LogP contribution in [0.4, 0.5) is 0 Å². The summed E-state index contributed by atoms with van der Waals surface area (Å²) in [6, 6.07) is 7.16. The molecule has 2 aromatic rings. The molecule has 1 amide bonds. The van der Waals surface area contributed by atoms with Crippen LogP contribution in [0.15, 0.2) is 30.5 Å². The largest absolute Gasteiger partial charge is 0.470 e. The molecular formula is C18H18N2O3S. The highest BCUT2D eigenvalue weighted by atomic mass is 32.2. The number of carbonyl (C=O) groups is 2. The lowest BCUT2D eigenvalue weighted by atomic mass is 10.1. The van der Waals surface area contributed by atoms with E-state index in [4.69, 9.17) is 11.2 Å². The summed E-state index contributed by atoms with van der Waals surface area (Å²) in [6.45, 7) is 3.25. The molecule has 0 aliphatic rings. The number of pyridine rings is 1. The molecule has 0 spiro atoms.